The highest BCUT2D eigenvalue weighted by Gasteiger charge is 2.12. The van der Waals surface area contributed by atoms with Crippen molar-refractivity contribution in [2.24, 2.45) is 0 Å². The third-order valence-electron chi connectivity index (χ3n) is 3.08. The topological polar surface area (TPSA) is 28.7 Å². The third-order valence-corrected chi connectivity index (χ3v) is 3.96. The molecule has 0 saturated carbocycles. The Labute approximate surface area is 104 Å². The number of hydrogen-bond acceptors (Lipinski definition) is 2. The van der Waals surface area contributed by atoms with Crippen molar-refractivity contribution in [1.29, 1.82) is 5.26 Å². The molecule has 0 aliphatic carbocycles. The second kappa shape index (κ2) is 3.61. The van der Waals surface area contributed by atoms with E-state index in [9.17, 15) is 5.26 Å². The third kappa shape index (κ3) is 1.45. The highest BCUT2D eigenvalue weighted by molar-refractivity contribution is 7.17. The van der Waals surface area contributed by atoms with Crippen LogP contribution >= 0.6 is 11.3 Å². The molecule has 0 fully saturated rings. The molecule has 0 bridgehead atoms. The summed E-state index contributed by atoms with van der Waals surface area (Å²) in [5.74, 6) is 0. The second-order valence-electron chi connectivity index (χ2n) is 4.49. The zero-order valence-corrected chi connectivity index (χ0v) is 10.6. The summed E-state index contributed by atoms with van der Waals surface area (Å²) < 4.78 is 3.30. The summed E-state index contributed by atoms with van der Waals surface area (Å²) in [6, 6.07) is 9.06. The molecule has 3 rings (SSSR count). The molecule has 0 aliphatic rings. The lowest BCUT2D eigenvalue weighted by atomic mass is 10.1. The average Bonchev–Trinajstić information content (AvgIpc) is 2.87. The number of thiophene rings is 1. The summed E-state index contributed by atoms with van der Waals surface area (Å²) in [5, 5.41) is 14.9. The van der Waals surface area contributed by atoms with Crippen LogP contribution in [0, 0.1) is 11.3 Å². The van der Waals surface area contributed by atoms with Gasteiger partial charge in [0.1, 0.15) is 11.8 Å². The van der Waals surface area contributed by atoms with Crippen LogP contribution in [-0.4, -0.2) is 4.57 Å². The minimum atomic E-state index is 0.315. The minimum Gasteiger partial charge on any atom is -0.336 e. The molecule has 84 valence electrons. The molecule has 3 aromatic rings. The van der Waals surface area contributed by atoms with Crippen LogP contribution in [-0.2, 0) is 0 Å². The number of hydrogen-bond donors (Lipinski definition) is 0. The Kier molecular flexibility index (Phi) is 2.20. The Morgan fingerprint density at radius 2 is 2.12 bits per heavy atom. The van der Waals surface area contributed by atoms with E-state index >= 15 is 0 Å². The quantitative estimate of drug-likeness (QED) is 0.623. The van der Waals surface area contributed by atoms with Gasteiger partial charge in [0.05, 0.1) is 0 Å². The molecular weight excluding hydrogens is 228 g/mol. The normalized spacial score (nSPS) is 11.4. The van der Waals surface area contributed by atoms with Crippen LogP contribution in [0.5, 0.6) is 0 Å². The van der Waals surface area contributed by atoms with E-state index in [1.165, 1.54) is 10.1 Å². The molecule has 0 amide bonds. The van der Waals surface area contributed by atoms with Crippen LogP contribution in [0.1, 0.15) is 25.6 Å². The Balaban J connectivity index is 2.44. The standard InChI is InChI=1S/C14H12N2S/c1-9(2)16-8-11-5-10-3-4-17-14(10)6-12(11)13(16)7-15/h3-6,8-9H,1-2H3. The maximum Gasteiger partial charge on any atom is 0.128 e. The van der Waals surface area contributed by atoms with E-state index in [0.29, 0.717) is 6.04 Å². The molecule has 3 heteroatoms. The number of fused-ring (bicyclic) bond motifs is 2. The van der Waals surface area contributed by atoms with Crippen molar-refractivity contribution in [3.63, 3.8) is 0 Å². The van der Waals surface area contributed by atoms with E-state index in [-0.39, 0.29) is 0 Å². The zero-order chi connectivity index (χ0) is 12.0. The van der Waals surface area contributed by atoms with Crippen molar-refractivity contribution in [2.45, 2.75) is 19.9 Å². The molecule has 0 spiro atoms. The van der Waals surface area contributed by atoms with Gasteiger partial charge < -0.3 is 4.57 Å². The van der Waals surface area contributed by atoms with Gasteiger partial charge >= 0.3 is 0 Å². The van der Waals surface area contributed by atoms with Gasteiger partial charge in [-0.2, -0.15) is 5.26 Å². The molecule has 1 aromatic carbocycles. The van der Waals surface area contributed by atoms with Crippen molar-refractivity contribution in [1.82, 2.24) is 4.57 Å². The SMILES string of the molecule is CC(C)n1cc2cc3ccsc3cc2c1C#N. The highest BCUT2D eigenvalue weighted by Crippen LogP contribution is 2.31. The number of nitrogens with zero attached hydrogens (tertiary/aromatic N) is 2. The van der Waals surface area contributed by atoms with Crippen molar-refractivity contribution in [3.05, 3.63) is 35.5 Å². The molecule has 17 heavy (non-hydrogen) atoms. The monoisotopic (exact) mass is 240 g/mol. The maximum atomic E-state index is 9.31. The summed E-state index contributed by atoms with van der Waals surface area (Å²) >= 11 is 1.72. The smallest absolute Gasteiger partial charge is 0.128 e. The van der Waals surface area contributed by atoms with Gasteiger partial charge in [0.25, 0.3) is 0 Å². The van der Waals surface area contributed by atoms with Gasteiger partial charge in [-0.05, 0) is 42.8 Å². The second-order valence-corrected chi connectivity index (χ2v) is 5.44. The fourth-order valence-electron chi connectivity index (χ4n) is 2.22. The lowest BCUT2D eigenvalue weighted by Gasteiger charge is -2.07. The lowest BCUT2D eigenvalue weighted by Crippen LogP contribution is -2.00. The molecule has 0 atom stereocenters. The Morgan fingerprint density at radius 1 is 1.29 bits per heavy atom. The first-order valence-corrected chi connectivity index (χ1v) is 6.50. The largest absolute Gasteiger partial charge is 0.336 e. The maximum absolute atomic E-state index is 9.31. The van der Waals surface area contributed by atoms with Gasteiger partial charge in [0.15, 0.2) is 0 Å². The number of rotatable bonds is 1. The first-order valence-electron chi connectivity index (χ1n) is 5.62. The average molecular weight is 240 g/mol. The molecule has 2 nitrogen and oxygen atoms in total. The molecule has 0 unspecified atom stereocenters. The van der Waals surface area contributed by atoms with Crippen molar-refractivity contribution >= 4 is 32.2 Å². The van der Waals surface area contributed by atoms with Gasteiger partial charge in [0, 0.05) is 27.7 Å². The predicted molar refractivity (Wildman–Crippen MR) is 72.4 cm³/mol. The molecule has 2 aromatic heterocycles. The number of nitriles is 1. The minimum absolute atomic E-state index is 0.315. The summed E-state index contributed by atoms with van der Waals surface area (Å²) in [5.41, 5.74) is 0.769. The number of benzene rings is 1. The van der Waals surface area contributed by atoms with E-state index in [4.69, 9.17) is 0 Å². The van der Waals surface area contributed by atoms with Gasteiger partial charge in [-0.15, -0.1) is 11.3 Å². The van der Waals surface area contributed by atoms with Crippen LogP contribution in [0.2, 0.25) is 0 Å². The van der Waals surface area contributed by atoms with E-state index < -0.39 is 0 Å². The predicted octanol–water partition coefficient (Wildman–Crippen LogP) is 4.31. The van der Waals surface area contributed by atoms with Gasteiger partial charge in [-0.3, -0.25) is 0 Å². The lowest BCUT2D eigenvalue weighted by molar-refractivity contribution is 0.600. The van der Waals surface area contributed by atoms with Crippen LogP contribution in [0.15, 0.2) is 29.8 Å². The Bertz CT molecular complexity index is 741. The van der Waals surface area contributed by atoms with Crippen molar-refractivity contribution in [3.8, 4) is 6.07 Å². The molecule has 0 radical (unpaired) electrons. The van der Waals surface area contributed by atoms with E-state index in [1.54, 1.807) is 11.3 Å². The molecule has 0 N–H and O–H groups in total. The highest BCUT2D eigenvalue weighted by atomic mass is 32.1. The Hall–Kier alpha value is -1.79. The summed E-state index contributed by atoms with van der Waals surface area (Å²) in [6.45, 7) is 4.20. The van der Waals surface area contributed by atoms with E-state index in [0.717, 1.165) is 16.5 Å². The molecule has 0 saturated heterocycles. The van der Waals surface area contributed by atoms with Crippen LogP contribution in [0.25, 0.3) is 20.9 Å². The molecule has 0 aliphatic heterocycles. The summed E-state index contributed by atoms with van der Waals surface area (Å²) in [4.78, 5) is 0. The fourth-order valence-corrected chi connectivity index (χ4v) is 3.03. The summed E-state index contributed by atoms with van der Waals surface area (Å²) in [6.07, 6.45) is 2.08. The molecule has 2 heterocycles. The van der Waals surface area contributed by atoms with E-state index in [2.05, 4.69) is 49.7 Å². The first-order chi connectivity index (χ1) is 8.20. The molecular formula is C14H12N2S. The van der Waals surface area contributed by atoms with Crippen LogP contribution in [0.3, 0.4) is 0 Å². The van der Waals surface area contributed by atoms with Crippen molar-refractivity contribution < 1.29 is 0 Å². The van der Waals surface area contributed by atoms with E-state index in [1.807, 2.05) is 4.57 Å². The van der Waals surface area contributed by atoms with Gasteiger partial charge in [-0.25, -0.2) is 0 Å². The van der Waals surface area contributed by atoms with Crippen LogP contribution < -0.4 is 0 Å². The van der Waals surface area contributed by atoms with Crippen LogP contribution in [0.4, 0.5) is 0 Å². The van der Waals surface area contributed by atoms with Crippen molar-refractivity contribution in [2.75, 3.05) is 0 Å². The van der Waals surface area contributed by atoms with Gasteiger partial charge in [-0.1, -0.05) is 0 Å². The van der Waals surface area contributed by atoms with Gasteiger partial charge in [0.2, 0.25) is 0 Å². The number of aromatic nitrogens is 1. The zero-order valence-electron chi connectivity index (χ0n) is 9.77. The summed E-state index contributed by atoms with van der Waals surface area (Å²) in [7, 11) is 0. The fraction of sp³-hybridized carbons (Fsp3) is 0.214. The first kappa shape index (κ1) is 10.4. The Morgan fingerprint density at radius 3 is 2.82 bits per heavy atom.